The van der Waals surface area contributed by atoms with E-state index in [0.29, 0.717) is 29.5 Å². The molecule has 3 aromatic rings. The Hall–Kier alpha value is -3.35. The van der Waals surface area contributed by atoms with E-state index in [2.05, 4.69) is 17.3 Å². The number of nitrogens with zero attached hydrogens (tertiary/aromatic N) is 2. The van der Waals surface area contributed by atoms with Crippen molar-refractivity contribution in [2.45, 2.75) is 39.0 Å². The van der Waals surface area contributed by atoms with Crippen LogP contribution in [0.4, 0.5) is 10.1 Å². The van der Waals surface area contributed by atoms with Crippen molar-refractivity contribution < 1.29 is 18.7 Å². The number of fused-ring (bicyclic) bond motifs is 1. The Labute approximate surface area is 181 Å². The molecule has 1 aromatic heterocycles. The number of anilines is 1. The van der Waals surface area contributed by atoms with E-state index < -0.39 is 0 Å². The lowest BCUT2D eigenvalue weighted by Gasteiger charge is -2.13. The molecule has 0 bridgehead atoms. The lowest BCUT2D eigenvalue weighted by Crippen LogP contribution is -2.16. The lowest BCUT2D eigenvalue weighted by molar-refractivity contribution is 0.102. The number of carbonyl (C=O) groups is 1. The fourth-order valence-corrected chi connectivity index (χ4v) is 3.78. The molecule has 1 heterocycles. The molecule has 0 saturated carbocycles. The van der Waals surface area contributed by atoms with Crippen LogP contribution in [-0.2, 0) is 12.8 Å². The van der Waals surface area contributed by atoms with Gasteiger partial charge in [0.25, 0.3) is 5.91 Å². The minimum absolute atomic E-state index is 0.299. The normalized spacial score (nSPS) is 12.5. The van der Waals surface area contributed by atoms with E-state index >= 15 is 0 Å². The van der Waals surface area contributed by atoms with E-state index in [1.54, 1.807) is 42.1 Å². The van der Waals surface area contributed by atoms with Crippen LogP contribution in [-0.4, -0.2) is 29.4 Å². The third-order valence-electron chi connectivity index (χ3n) is 5.41. The van der Waals surface area contributed by atoms with Gasteiger partial charge in [-0.3, -0.25) is 4.79 Å². The highest BCUT2D eigenvalue weighted by molar-refractivity contribution is 6.05. The van der Waals surface area contributed by atoms with Gasteiger partial charge in [-0.1, -0.05) is 13.3 Å². The average Bonchev–Trinajstić information content (AvgIpc) is 3.38. The highest BCUT2D eigenvalue weighted by Crippen LogP contribution is 2.32. The number of amides is 1. The van der Waals surface area contributed by atoms with Crippen LogP contribution in [0, 0.1) is 5.82 Å². The van der Waals surface area contributed by atoms with Crippen LogP contribution < -0.4 is 14.8 Å². The highest BCUT2D eigenvalue weighted by Gasteiger charge is 2.27. The Morgan fingerprint density at radius 3 is 2.74 bits per heavy atom. The molecule has 6 nitrogen and oxygen atoms in total. The van der Waals surface area contributed by atoms with Gasteiger partial charge >= 0.3 is 0 Å². The number of benzene rings is 2. The van der Waals surface area contributed by atoms with Gasteiger partial charge in [-0.15, -0.1) is 0 Å². The molecule has 2 aromatic carbocycles. The number of hydrogen-bond acceptors (Lipinski definition) is 4. The summed E-state index contributed by atoms with van der Waals surface area (Å²) in [6.07, 6.45) is 4.52. The maximum atomic E-state index is 13.3. The van der Waals surface area contributed by atoms with Gasteiger partial charge in [-0.25, -0.2) is 9.07 Å². The molecular weight excluding hydrogens is 397 g/mol. The van der Waals surface area contributed by atoms with Crippen LogP contribution in [0.5, 0.6) is 11.5 Å². The fraction of sp³-hybridized carbons (Fsp3) is 0.333. The van der Waals surface area contributed by atoms with E-state index in [9.17, 15) is 9.18 Å². The van der Waals surface area contributed by atoms with Gasteiger partial charge in [0.2, 0.25) is 0 Å². The molecule has 1 amide bonds. The maximum absolute atomic E-state index is 13.3. The van der Waals surface area contributed by atoms with Crippen LogP contribution in [0.1, 0.15) is 47.9 Å². The number of halogens is 1. The summed E-state index contributed by atoms with van der Waals surface area (Å²) in [7, 11) is 1.58. The first-order chi connectivity index (χ1) is 15.1. The number of ether oxygens (including phenoxy) is 2. The van der Waals surface area contributed by atoms with E-state index in [0.717, 1.165) is 49.0 Å². The first-order valence-electron chi connectivity index (χ1n) is 10.6. The number of hydrogen-bond donors (Lipinski definition) is 1. The third-order valence-corrected chi connectivity index (χ3v) is 5.41. The Kier molecular flexibility index (Phi) is 6.21. The second-order valence-corrected chi connectivity index (χ2v) is 7.53. The van der Waals surface area contributed by atoms with Gasteiger partial charge in [0.05, 0.1) is 25.1 Å². The first-order valence-corrected chi connectivity index (χ1v) is 10.6. The molecule has 0 saturated heterocycles. The lowest BCUT2D eigenvalue weighted by atomic mass is 10.2. The SMILES string of the molecule is CCCCOc1ccc(OC)cc1NC(=O)c1nn(-c2ccc(F)cc2)c2c1CCC2. The van der Waals surface area contributed by atoms with Crippen molar-refractivity contribution in [3.8, 4) is 17.2 Å². The zero-order chi connectivity index (χ0) is 21.8. The largest absolute Gasteiger partial charge is 0.497 e. The highest BCUT2D eigenvalue weighted by atomic mass is 19.1. The van der Waals surface area contributed by atoms with Crippen molar-refractivity contribution in [2.24, 2.45) is 0 Å². The van der Waals surface area contributed by atoms with Crippen molar-refractivity contribution >= 4 is 11.6 Å². The number of rotatable bonds is 8. The van der Waals surface area contributed by atoms with E-state index in [1.807, 2.05) is 0 Å². The second kappa shape index (κ2) is 9.20. The Morgan fingerprint density at radius 1 is 1.19 bits per heavy atom. The topological polar surface area (TPSA) is 65.4 Å². The van der Waals surface area contributed by atoms with Crippen LogP contribution >= 0.6 is 0 Å². The minimum Gasteiger partial charge on any atom is -0.497 e. The van der Waals surface area contributed by atoms with Crippen molar-refractivity contribution in [1.29, 1.82) is 0 Å². The third kappa shape index (κ3) is 4.40. The summed E-state index contributed by atoms with van der Waals surface area (Å²) in [6, 6.07) is 11.5. The summed E-state index contributed by atoms with van der Waals surface area (Å²) in [5, 5.41) is 7.54. The van der Waals surface area contributed by atoms with E-state index in [1.165, 1.54) is 12.1 Å². The predicted molar refractivity (Wildman–Crippen MR) is 117 cm³/mol. The van der Waals surface area contributed by atoms with Crippen LogP contribution in [0.3, 0.4) is 0 Å². The molecule has 0 spiro atoms. The summed E-state index contributed by atoms with van der Waals surface area (Å²) in [5.74, 6) is 0.615. The smallest absolute Gasteiger partial charge is 0.276 e. The van der Waals surface area contributed by atoms with Crippen molar-refractivity contribution in [2.75, 3.05) is 19.0 Å². The van der Waals surface area contributed by atoms with Gasteiger partial charge in [0.15, 0.2) is 5.69 Å². The molecule has 0 unspecified atom stereocenters. The van der Waals surface area contributed by atoms with Crippen LogP contribution in [0.2, 0.25) is 0 Å². The molecule has 0 radical (unpaired) electrons. The van der Waals surface area contributed by atoms with Gasteiger partial charge in [0.1, 0.15) is 17.3 Å². The predicted octanol–water partition coefficient (Wildman–Crippen LogP) is 4.94. The minimum atomic E-state index is -0.306. The molecule has 0 aliphatic heterocycles. The Morgan fingerprint density at radius 2 is 2.00 bits per heavy atom. The Bertz CT molecular complexity index is 1080. The summed E-state index contributed by atoms with van der Waals surface area (Å²) in [6.45, 7) is 2.67. The quantitative estimate of drug-likeness (QED) is 0.521. The van der Waals surface area contributed by atoms with Gasteiger partial charge < -0.3 is 14.8 Å². The molecular formula is C24H26FN3O3. The number of nitrogens with one attached hydrogen (secondary N) is 1. The Balaban J connectivity index is 1.64. The second-order valence-electron chi connectivity index (χ2n) is 7.53. The molecule has 7 heteroatoms. The van der Waals surface area contributed by atoms with Gasteiger partial charge in [-0.05, 0) is 62.1 Å². The van der Waals surface area contributed by atoms with Crippen LogP contribution in [0.25, 0.3) is 5.69 Å². The van der Waals surface area contributed by atoms with Crippen molar-refractivity contribution in [3.63, 3.8) is 0 Å². The molecule has 1 aliphatic carbocycles. The van der Waals surface area contributed by atoms with Gasteiger partial charge in [-0.2, -0.15) is 5.10 Å². The number of unbranched alkanes of at least 4 members (excludes halogenated alkanes) is 1. The average molecular weight is 423 g/mol. The maximum Gasteiger partial charge on any atom is 0.276 e. The molecule has 162 valence electrons. The zero-order valence-electron chi connectivity index (χ0n) is 17.8. The van der Waals surface area contributed by atoms with E-state index in [4.69, 9.17) is 9.47 Å². The zero-order valence-corrected chi connectivity index (χ0v) is 17.8. The molecule has 31 heavy (non-hydrogen) atoms. The summed E-state index contributed by atoms with van der Waals surface area (Å²) < 4.78 is 26.3. The number of aromatic nitrogens is 2. The van der Waals surface area contributed by atoms with E-state index in [-0.39, 0.29) is 11.7 Å². The van der Waals surface area contributed by atoms with Gasteiger partial charge in [0, 0.05) is 17.3 Å². The monoisotopic (exact) mass is 423 g/mol. The van der Waals surface area contributed by atoms with Crippen LogP contribution in [0.15, 0.2) is 42.5 Å². The summed E-state index contributed by atoms with van der Waals surface area (Å²) in [4.78, 5) is 13.2. The summed E-state index contributed by atoms with van der Waals surface area (Å²) >= 11 is 0. The fourth-order valence-electron chi connectivity index (χ4n) is 3.78. The number of methoxy groups -OCH3 is 1. The van der Waals surface area contributed by atoms with Crippen molar-refractivity contribution in [1.82, 2.24) is 9.78 Å². The molecule has 0 atom stereocenters. The summed E-state index contributed by atoms with van der Waals surface area (Å²) in [5.41, 5.74) is 3.62. The molecule has 0 fully saturated rings. The molecule has 4 rings (SSSR count). The number of carbonyl (C=O) groups excluding carboxylic acids is 1. The molecule has 1 aliphatic rings. The standard InChI is InChI=1S/C24H26FN3O3/c1-3-4-14-31-22-13-12-18(30-2)15-20(22)26-24(29)23-19-6-5-7-21(19)28(27-23)17-10-8-16(25)9-11-17/h8-13,15H,3-7,14H2,1-2H3,(H,26,29). The first kappa shape index (κ1) is 20.9. The molecule has 1 N–H and O–H groups in total. The van der Waals surface area contributed by atoms with Crippen molar-refractivity contribution in [3.05, 3.63) is 65.2 Å².